The van der Waals surface area contributed by atoms with E-state index < -0.39 is 0 Å². The number of methoxy groups -OCH3 is 1. The molecule has 72 valence electrons. The normalized spacial score (nSPS) is 9.79. The summed E-state index contributed by atoms with van der Waals surface area (Å²) in [6.45, 7) is 0. The molecule has 1 aromatic heterocycles. The fourth-order valence-electron chi connectivity index (χ4n) is 0.973. The lowest BCUT2D eigenvalue weighted by molar-refractivity contribution is 0.279. The van der Waals surface area contributed by atoms with Crippen molar-refractivity contribution in [1.82, 2.24) is 10.1 Å². The van der Waals surface area contributed by atoms with Crippen molar-refractivity contribution < 1.29 is 14.0 Å². The summed E-state index contributed by atoms with van der Waals surface area (Å²) in [6, 6.07) is 7.13. The molecular weight excluding hydrogens is 184 g/mol. The lowest BCUT2D eigenvalue weighted by atomic mass is 10.3. The van der Waals surface area contributed by atoms with E-state index in [2.05, 4.69) is 14.7 Å². The SMILES string of the molecule is COc1cccc(Oc2ncno2)c1. The molecule has 0 spiro atoms. The maximum absolute atomic E-state index is 5.24. The predicted molar refractivity (Wildman–Crippen MR) is 47.4 cm³/mol. The topological polar surface area (TPSA) is 57.4 Å². The van der Waals surface area contributed by atoms with Crippen LogP contribution in [0.3, 0.4) is 0 Å². The van der Waals surface area contributed by atoms with Crippen molar-refractivity contribution >= 4 is 0 Å². The Morgan fingerprint density at radius 1 is 1.29 bits per heavy atom. The molecule has 0 N–H and O–H groups in total. The van der Waals surface area contributed by atoms with Gasteiger partial charge in [0.1, 0.15) is 11.5 Å². The second-order valence-corrected chi connectivity index (χ2v) is 2.49. The number of aromatic nitrogens is 2. The van der Waals surface area contributed by atoms with Crippen LogP contribution in [0.5, 0.6) is 17.6 Å². The number of rotatable bonds is 3. The highest BCUT2D eigenvalue weighted by atomic mass is 16.6. The Bertz CT molecular complexity index is 400. The monoisotopic (exact) mass is 192 g/mol. The fraction of sp³-hybridized carbons (Fsp3) is 0.111. The second-order valence-electron chi connectivity index (χ2n) is 2.49. The van der Waals surface area contributed by atoms with Gasteiger partial charge >= 0.3 is 6.08 Å². The smallest absolute Gasteiger partial charge is 0.422 e. The fourth-order valence-corrected chi connectivity index (χ4v) is 0.973. The van der Waals surface area contributed by atoms with Crippen LogP contribution in [0.15, 0.2) is 35.1 Å². The lowest BCUT2D eigenvalue weighted by Crippen LogP contribution is -1.86. The summed E-state index contributed by atoms with van der Waals surface area (Å²) in [5.41, 5.74) is 0. The Balaban J connectivity index is 2.17. The molecule has 0 saturated heterocycles. The van der Waals surface area contributed by atoms with E-state index in [0.29, 0.717) is 11.5 Å². The number of benzene rings is 1. The average Bonchev–Trinajstić information content (AvgIpc) is 2.71. The van der Waals surface area contributed by atoms with Gasteiger partial charge in [0, 0.05) is 6.07 Å². The molecule has 1 aromatic carbocycles. The van der Waals surface area contributed by atoms with Crippen LogP contribution in [0, 0.1) is 0 Å². The van der Waals surface area contributed by atoms with Gasteiger partial charge in [-0.2, -0.15) is 4.98 Å². The van der Waals surface area contributed by atoms with Gasteiger partial charge in [0.2, 0.25) is 0 Å². The zero-order valence-electron chi connectivity index (χ0n) is 7.51. The third-order valence-corrected chi connectivity index (χ3v) is 1.59. The van der Waals surface area contributed by atoms with E-state index in [1.807, 2.05) is 12.1 Å². The van der Waals surface area contributed by atoms with Crippen LogP contribution in [0.4, 0.5) is 0 Å². The van der Waals surface area contributed by atoms with Crippen LogP contribution < -0.4 is 9.47 Å². The summed E-state index contributed by atoms with van der Waals surface area (Å²) in [7, 11) is 1.59. The first-order valence-corrected chi connectivity index (χ1v) is 3.97. The highest BCUT2D eigenvalue weighted by Gasteiger charge is 2.02. The van der Waals surface area contributed by atoms with E-state index in [-0.39, 0.29) is 6.08 Å². The van der Waals surface area contributed by atoms with Crippen molar-refractivity contribution in [2.24, 2.45) is 0 Å². The van der Waals surface area contributed by atoms with Gasteiger partial charge in [0.05, 0.1) is 7.11 Å². The third-order valence-electron chi connectivity index (χ3n) is 1.59. The molecule has 2 rings (SSSR count). The Labute approximate surface area is 80.3 Å². The van der Waals surface area contributed by atoms with Crippen molar-refractivity contribution in [3.05, 3.63) is 30.6 Å². The van der Waals surface area contributed by atoms with Gasteiger partial charge in [-0.25, -0.2) is 0 Å². The van der Waals surface area contributed by atoms with Gasteiger partial charge in [-0.3, -0.25) is 4.52 Å². The molecule has 14 heavy (non-hydrogen) atoms. The quantitative estimate of drug-likeness (QED) is 0.742. The minimum absolute atomic E-state index is 0.109. The van der Waals surface area contributed by atoms with Gasteiger partial charge in [-0.1, -0.05) is 11.2 Å². The van der Waals surface area contributed by atoms with Gasteiger partial charge in [-0.15, -0.1) is 0 Å². The summed E-state index contributed by atoms with van der Waals surface area (Å²) in [5, 5.41) is 3.42. The van der Waals surface area contributed by atoms with Crippen LogP contribution in [0.25, 0.3) is 0 Å². The van der Waals surface area contributed by atoms with Crippen molar-refractivity contribution in [2.45, 2.75) is 0 Å². The summed E-state index contributed by atoms with van der Waals surface area (Å²) < 4.78 is 15.0. The molecule has 5 heteroatoms. The average molecular weight is 192 g/mol. The zero-order valence-corrected chi connectivity index (χ0v) is 7.51. The van der Waals surface area contributed by atoms with Gasteiger partial charge in [0.25, 0.3) is 0 Å². The van der Waals surface area contributed by atoms with Crippen molar-refractivity contribution in [3.63, 3.8) is 0 Å². The number of nitrogens with zero attached hydrogens (tertiary/aromatic N) is 2. The molecule has 0 saturated carbocycles. The highest BCUT2D eigenvalue weighted by Crippen LogP contribution is 2.22. The molecule has 0 amide bonds. The zero-order chi connectivity index (χ0) is 9.80. The second kappa shape index (κ2) is 3.78. The van der Waals surface area contributed by atoms with E-state index >= 15 is 0 Å². The first-order chi connectivity index (χ1) is 6.88. The first-order valence-electron chi connectivity index (χ1n) is 3.97. The van der Waals surface area contributed by atoms with Gasteiger partial charge in [0.15, 0.2) is 6.33 Å². The molecule has 0 aliphatic carbocycles. The molecule has 0 atom stereocenters. The van der Waals surface area contributed by atoms with Crippen LogP contribution in [-0.4, -0.2) is 17.3 Å². The number of hydrogen-bond acceptors (Lipinski definition) is 5. The maximum Gasteiger partial charge on any atom is 0.422 e. The molecular formula is C9H8N2O3. The predicted octanol–water partition coefficient (Wildman–Crippen LogP) is 1.87. The lowest BCUT2D eigenvalue weighted by Gasteiger charge is -2.02. The van der Waals surface area contributed by atoms with E-state index in [0.717, 1.165) is 0 Å². The minimum atomic E-state index is 0.109. The summed E-state index contributed by atoms with van der Waals surface area (Å²) in [6.07, 6.45) is 1.38. The van der Waals surface area contributed by atoms with Crippen LogP contribution >= 0.6 is 0 Å². The first kappa shape index (κ1) is 8.55. The van der Waals surface area contributed by atoms with Crippen LogP contribution in [0.1, 0.15) is 0 Å². The molecule has 0 aliphatic heterocycles. The Hall–Kier alpha value is -2.04. The molecule has 0 bridgehead atoms. The molecule has 0 fully saturated rings. The maximum atomic E-state index is 5.24. The van der Waals surface area contributed by atoms with Gasteiger partial charge < -0.3 is 9.47 Å². The molecule has 2 aromatic rings. The molecule has 1 heterocycles. The Morgan fingerprint density at radius 3 is 2.86 bits per heavy atom. The molecule has 0 radical (unpaired) electrons. The Morgan fingerprint density at radius 2 is 2.14 bits per heavy atom. The van der Waals surface area contributed by atoms with Crippen molar-refractivity contribution in [1.29, 1.82) is 0 Å². The third kappa shape index (κ3) is 1.82. The van der Waals surface area contributed by atoms with Gasteiger partial charge in [-0.05, 0) is 12.1 Å². The van der Waals surface area contributed by atoms with E-state index in [1.54, 1.807) is 19.2 Å². The highest BCUT2D eigenvalue weighted by molar-refractivity contribution is 5.33. The minimum Gasteiger partial charge on any atom is -0.497 e. The standard InChI is InChI=1S/C9H8N2O3/c1-12-7-3-2-4-8(5-7)13-9-10-6-11-14-9/h2-6H,1H3. The van der Waals surface area contributed by atoms with Crippen molar-refractivity contribution in [2.75, 3.05) is 7.11 Å². The van der Waals surface area contributed by atoms with E-state index in [1.165, 1.54) is 6.33 Å². The largest absolute Gasteiger partial charge is 0.497 e. The number of hydrogen-bond donors (Lipinski definition) is 0. The van der Waals surface area contributed by atoms with E-state index in [4.69, 9.17) is 9.47 Å². The van der Waals surface area contributed by atoms with Crippen LogP contribution in [-0.2, 0) is 0 Å². The van der Waals surface area contributed by atoms with Crippen molar-refractivity contribution in [3.8, 4) is 17.6 Å². The molecule has 5 nitrogen and oxygen atoms in total. The summed E-state index contributed by atoms with van der Waals surface area (Å²) >= 11 is 0. The Kier molecular flexibility index (Phi) is 2.31. The number of ether oxygens (including phenoxy) is 2. The molecule has 0 aliphatic rings. The molecule has 0 unspecified atom stereocenters. The van der Waals surface area contributed by atoms with E-state index in [9.17, 15) is 0 Å². The summed E-state index contributed by atoms with van der Waals surface area (Å²) in [5.74, 6) is 1.30. The van der Waals surface area contributed by atoms with Crippen LogP contribution in [0.2, 0.25) is 0 Å². The summed E-state index contributed by atoms with van der Waals surface area (Å²) in [4.78, 5) is 3.73.